The molecule has 3 nitrogen and oxygen atoms in total. The summed E-state index contributed by atoms with van der Waals surface area (Å²) in [5.74, 6) is 0. The second-order valence-electron chi connectivity index (χ2n) is 4.46. The van der Waals surface area contributed by atoms with E-state index >= 15 is 0 Å². The summed E-state index contributed by atoms with van der Waals surface area (Å²) in [6.07, 6.45) is 2.20. The Morgan fingerprint density at radius 3 is 2.69 bits per heavy atom. The number of nitrogens with two attached hydrogens (primary N) is 1. The molecule has 1 aliphatic rings. The highest BCUT2D eigenvalue weighted by molar-refractivity contribution is 5.13. The van der Waals surface area contributed by atoms with Gasteiger partial charge in [0.1, 0.15) is 0 Å². The summed E-state index contributed by atoms with van der Waals surface area (Å²) in [6.45, 7) is 0.619. The number of aliphatic hydroxyl groups is 1. The molecule has 0 spiro atoms. The van der Waals surface area contributed by atoms with Gasteiger partial charge in [0.05, 0.1) is 18.8 Å². The van der Waals surface area contributed by atoms with E-state index in [1.54, 1.807) is 0 Å². The summed E-state index contributed by atoms with van der Waals surface area (Å²) in [4.78, 5) is 0. The second kappa shape index (κ2) is 5.43. The highest BCUT2D eigenvalue weighted by Gasteiger charge is 2.26. The third-order valence-electron chi connectivity index (χ3n) is 3.15. The molecule has 0 saturated heterocycles. The lowest BCUT2D eigenvalue weighted by Gasteiger charge is -2.30. The van der Waals surface area contributed by atoms with Crippen molar-refractivity contribution in [1.29, 1.82) is 0 Å². The normalized spacial score (nSPS) is 30.2. The van der Waals surface area contributed by atoms with Gasteiger partial charge in [-0.25, -0.2) is 0 Å². The zero-order chi connectivity index (χ0) is 11.4. The van der Waals surface area contributed by atoms with Crippen LogP contribution in [0.4, 0.5) is 0 Å². The first-order chi connectivity index (χ1) is 7.75. The lowest BCUT2D eigenvalue weighted by molar-refractivity contribution is -0.0300. The predicted molar refractivity (Wildman–Crippen MR) is 62.9 cm³/mol. The summed E-state index contributed by atoms with van der Waals surface area (Å²) >= 11 is 0. The fourth-order valence-electron chi connectivity index (χ4n) is 2.07. The molecule has 1 aliphatic carbocycles. The minimum Gasteiger partial charge on any atom is -0.391 e. The summed E-state index contributed by atoms with van der Waals surface area (Å²) in [5.41, 5.74) is 6.92. The minimum atomic E-state index is -0.408. The smallest absolute Gasteiger partial charge is 0.0720 e. The first-order valence-electron chi connectivity index (χ1n) is 5.85. The third kappa shape index (κ3) is 3.04. The van der Waals surface area contributed by atoms with Crippen molar-refractivity contribution in [2.45, 2.75) is 44.1 Å². The first kappa shape index (κ1) is 11.6. The Kier molecular flexibility index (Phi) is 3.93. The third-order valence-corrected chi connectivity index (χ3v) is 3.15. The van der Waals surface area contributed by atoms with E-state index in [4.69, 9.17) is 10.5 Å². The molecule has 88 valence electrons. The van der Waals surface area contributed by atoms with Gasteiger partial charge in [-0.05, 0) is 18.4 Å². The largest absolute Gasteiger partial charge is 0.391 e. The highest BCUT2D eigenvalue weighted by Crippen LogP contribution is 2.21. The molecule has 3 heteroatoms. The molecule has 0 amide bonds. The molecule has 1 fully saturated rings. The van der Waals surface area contributed by atoms with Crippen LogP contribution in [-0.4, -0.2) is 23.4 Å². The number of rotatable bonds is 3. The number of ether oxygens (including phenoxy) is 1. The summed E-state index contributed by atoms with van der Waals surface area (Å²) in [7, 11) is 0. The highest BCUT2D eigenvalue weighted by atomic mass is 16.5. The Bertz CT molecular complexity index is 315. The second-order valence-corrected chi connectivity index (χ2v) is 4.46. The van der Waals surface area contributed by atoms with Gasteiger partial charge >= 0.3 is 0 Å². The predicted octanol–water partition coefficient (Wildman–Crippen LogP) is 1.44. The van der Waals surface area contributed by atoms with Crippen molar-refractivity contribution in [2.75, 3.05) is 0 Å². The first-order valence-corrected chi connectivity index (χ1v) is 5.85. The van der Waals surface area contributed by atoms with Crippen LogP contribution in [0.15, 0.2) is 30.3 Å². The number of hydrogen-bond donors (Lipinski definition) is 2. The fraction of sp³-hybridized carbons (Fsp3) is 0.538. The SMILES string of the molecule is NC1CCC(OCc2ccccc2)CC1O. The van der Waals surface area contributed by atoms with Crippen molar-refractivity contribution in [3.05, 3.63) is 35.9 Å². The monoisotopic (exact) mass is 221 g/mol. The molecule has 3 unspecified atom stereocenters. The molecule has 16 heavy (non-hydrogen) atoms. The molecular formula is C13H19NO2. The molecule has 0 radical (unpaired) electrons. The fourth-order valence-corrected chi connectivity index (χ4v) is 2.07. The van der Waals surface area contributed by atoms with E-state index in [0.717, 1.165) is 12.8 Å². The zero-order valence-corrected chi connectivity index (χ0v) is 9.38. The lowest BCUT2D eigenvalue weighted by atomic mass is 9.91. The van der Waals surface area contributed by atoms with E-state index in [9.17, 15) is 5.11 Å². The Morgan fingerprint density at radius 1 is 1.25 bits per heavy atom. The van der Waals surface area contributed by atoms with E-state index in [0.29, 0.717) is 13.0 Å². The summed E-state index contributed by atoms with van der Waals surface area (Å²) in [5, 5.41) is 9.64. The minimum absolute atomic E-state index is 0.0726. The van der Waals surface area contributed by atoms with Crippen LogP contribution in [0.2, 0.25) is 0 Å². The molecule has 1 aromatic rings. The van der Waals surface area contributed by atoms with Crippen molar-refractivity contribution >= 4 is 0 Å². The van der Waals surface area contributed by atoms with E-state index < -0.39 is 6.10 Å². The molecule has 0 bridgehead atoms. The molecule has 0 aliphatic heterocycles. The van der Waals surface area contributed by atoms with Gasteiger partial charge in [0.25, 0.3) is 0 Å². The Morgan fingerprint density at radius 2 is 2.00 bits per heavy atom. The van der Waals surface area contributed by atoms with Crippen LogP contribution in [0, 0.1) is 0 Å². The van der Waals surface area contributed by atoms with Gasteiger partial charge in [-0.3, -0.25) is 0 Å². The quantitative estimate of drug-likeness (QED) is 0.812. The van der Waals surface area contributed by atoms with E-state index in [2.05, 4.69) is 0 Å². The summed E-state index contributed by atoms with van der Waals surface area (Å²) < 4.78 is 5.77. The van der Waals surface area contributed by atoms with E-state index in [1.807, 2.05) is 30.3 Å². The molecule has 2 rings (SSSR count). The van der Waals surface area contributed by atoms with Crippen molar-refractivity contribution in [3.63, 3.8) is 0 Å². The topological polar surface area (TPSA) is 55.5 Å². The van der Waals surface area contributed by atoms with Crippen LogP contribution in [-0.2, 0) is 11.3 Å². The number of aliphatic hydroxyl groups excluding tert-OH is 1. The average molecular weight is 221 g/mol. The van der Waals surface area contributed by atoms with Gasteiger partial charge < -0.3 is 15.6 Å². The van der Waals surface area contributed by atoms with Crippen LogP contribution in [0.25, 0.3) is 0 Å². The van der Waals surface area contributed by atoms with E-state index in [-0.39, 0.29) is 12.1 Å². The molecule has 3 atom stereocenters. The number of hydrogen-bond acceptors (Lipinski definition) is 3. The van der Waals surface area contributed by atoms with Crippen molar-refractivity contribution < 1.29 is 9.84 Å². The molecule has 0 aromatic heterocycles. The van der Waals surface area contributed by atoms with Crippen molar-refractivity contribution in [1.82, 2.24) is 0 Å². The van der Waals surface area contributed by atoms with E-state index in [1.165, 1.54) is 5.56 Å². The van der Waals surface area contributed by atoms with Gasteiger partial charge in [0.2, 0.25) is 0 Å². The Hall–Kier alpha value is -0.900. The summed E-state index contributed by atoms with van der Waals surface area (Å²) in [6, 6.07) is 10.0. The number of benzene rings is 1. The molecular weight excluding hydrogens is 202 g/mol. The Labute approximate surface area is 96.2 Å². The van der Waals surface area contributed by atoms with Gasteiger partial charge in [0, 0.05) is 12.5 Å². The van der Waals surface area contributed by atoms with Crippen LogP contribution >= 0.6 is 0 Å². The van der Waals surface area contributed by atoms with Gasteiger partial charge in [-0.1, -0.05) is 30.3 Å². The Balaban J connectivity index is 1.79. The van der Waals surface area contributed by atoms with Crippen molar-refractivity contribution in [3.8, 4) is 0 Å². The van der Waals surface area contributed by atoms with Gasteiger partial charge in [0.15, 0.2) is 0 Å². The lowest BCUT2D eigenvalue weighted by Crippen LogP contribution is -2.42. The molecule has 3 N–H and O–H groups in total. The van der Waals surface area contributed by atoms with Gasteiger partial charge in [-0.2, -0.15) is 0 Å². The average Bonchev–Trinajstić information content (AvgIpc) is 2.32. The van der Waals surface area contributed by atoms with Crippen LogP contribution in [0.1, 0.15) is 24.8 Å². The maximum atomic E-state index is 9.64. The van der Waals surface area contributed by atoms with Crippen molar-refractivity contribution in [2.24, 2.45) is 5.73 Å². The van der Waals surface area contributed by atoms with Crippen LogP contribution in [0.5, 0.6) is 0 Å². The van der Waals surface area contributed by atoms with Gasteiger partial charge in [-0.15, -0.1) is 0 Å². The van der Waals surface area contributed by atoms with Crippen LogP contribution < -0.4 is 5.73 Å². The molecule has 0 heterocycles. The maximum Gasteiger partial charge on any atom is 0.0720 e. The van der Waals surface area contributed by atoms with Crippen LogP contribution in [0.3, 0.4) is 0 Å². The maximum absolute atomic E-state index is 9.64. The zero-order valence-electron chi connectivity index (χ0n) is 9.38. The standard InChI is InChI=1S/C13H19NO2/c14-12-7-6-11(8-13(12)15)16-9-10-4-2-1-3-5-10/h1-5,11-13,15H,6-9,14H2. The molecule has 1 saturated carbocycles. The molecule has 1 aromatic carbocycles.